The molecule has 102 valence electrons. The second kappa shape index (κ2) is 6.70. The van der Waals surface area contributed by atoms with E-state index in [1.54, 1.807) is 0 Å². The third-order valence-corrected chi connectivity index (χ3v) is 4.23. The van der Waals surface area contributed by atoms with Gasteiger partial charge in [-0.05, 0) is 24.6 Å². The first-order valence-corrected chi connectivity index (χ1v) is 7.62. The van der Waals surface area contributed by atoms with E-state index in [0.29, 0.717) is 17.7 Å². The van der Waals surface area contributed by atoms with E-state index in [4.69, 9.17) is 10.5 Å². The van der Waals surface area contributed by atoms with E-state index >= 15 is 0 Å². The molecule has 18 heavy (non-hydrogen) atoms. The van der Waals surface area contributed by atoms with Crippen LogP contribution in [0.4, 0.5) is 4.39 Å². The predicted octanol–water partition coefficient (Wildman–Crippen LogP) is 1.49. The minimum absolute atomic E-state index is 0.0395. The summed E-state index contributed by atoms with van der Waals surface area (Å²) in [6.45, 7) is 2.01. The van der Waals surface area contributed by atoms with Gasteiger partial charge in [0.05, 0.1) is 11.5 Å². The average Bonchev–Trinajstić information content (AvgIpc) is 2.30. The average molecular weight is 275 g/mol. The van der Waals surface area contributed by atoms with Crippen molar-refractivity contribution in [3.8, 4) is 5.75 Å². The van der Waals surface area contributed by atoms with Gasteiger partial charge in [0.2, 0.25) is 0 Å². The molecule has 0 aromatic heterocycles. The molecule has 0 aliphatic heterocycles. The molecule has 1 aromatic carbocycles. The largest absolute Gasteiger partial charge is 0.492 e. The Bertz CT molecular complexity index is 488. The van der Waals surface area contributed by atoms with Gasteiger partial charge in [-0.2, -0.15) is 0 Å². The zero-order valence-electron chi connectivity index (χ0n) is 10.4. The second-order valence-electron chi connectivity index (χ2n) is 3.96. The minimum Gasteiger partial charge on any atom is -0.492 e. The standard InChI is InChI=1S/C12H18FNO3S/c1-2-6-18(15,16)7-5-17-12-4-3-11(13)8-10(12)9-14/h3-4,8H,2,5-7,9,14H2,1H3. The summed E-state index contributed by atoms with van der Waals surface area (Å²) in [5, 5.41) is 0. The van der Waals surface area contributed by atoms with Crippen LogP contribution < -0.4 is 10.5 Å². The van der Waals surface area contributed by atoms with Gasteiger partial charge >= 0.3 is 0 Å². The number of halogens is 1. The van der Waals surface area contributed by atoms with Gasteiger partial charge in [0, 0.05) is 12.1 Å². The molecule has 0 aliphatic rings. The van der Waals surface area contributed by atoms with E-state index in [2.05, 4.69) is 0 Å². The van der Waals surface area contributed by atoms with Gasteiger partial charge in [-0.15, -0.1) is 0 Å². The molecule has 0 amide bonds. The molecule has 0 spiro atoms. The van der Waals surface area contributed by atoms with Crippen LogP contribution in [-0.4, -0.2) is 26.5 Å². The van der Waals surface area contributed by atoms with E-state index in [1.165, 1.54) is 18.2 Å². The highest BCUT2D eigenvalue weighted by molar-refractivity contribution is 7.91. The van der Waals surface area contributed by atoms with Crippen LogP contribution in [0, 0.1) is 5.82 Å². The maximum Gasteiger partial charge on any atom is 0.153 e. The van der Waals surface area contributed by atoms with Crippen LogP contribution >= 0.6 is 0 Å². The molecule has 0 unspecified atom stereocenters. The lowest BCUT2D eigenvalue weighted by Gasteiger charge is -2.10. The number of hydrogen-bond acceptors (Lipinski definition) is 4. The van der Waals surface area contributed by atoms with E-state index in [1.807, 2.05) is 6.92 Å². The summed E-state index contributed by atoms with van der Waals surface area (Å²) in [5.74, 6) is 0.165. The Morgan fingerprint density at radius 1 is 1.33 bits per heavy atom. The van der Waals surface area contributed by atoms with Crippen molar-refractivity contribution in [2.75, 3.05) is 18.1 Å². The number of rotatable bonds is 7. The summed E-state index contributed by atoms with van der Waals surface area (Å²) in [6, 6.07) is 4.01. The van der Waals surface area contributed by atoms with Gasteiger partial charge < -0.3 is 10.5 Å². The van der Waals surface area contributed by atoms with E-state index in [-0.39, 0.29) is 30.5 Å². The SMILES string of the molecule is CCCS(=O)(=O)CCOc1ccc(F)cc1CN. The molecule has 1 rings (SSSR count). The number of nitrogens with two attached hydrogens (primary N) is 1. The van der Waals surface area contributed by atoms with Crippen molar-refractivity contribution in [2.24, 2.45) is 5.73 Å². The molecule has 4 nitrogen and oxygen atoms in total. The van der Waals surface area contributed by atoms with E-state index in [0.717, 1.165) is 0 Å². The van der Waals surface area contributed by atoms with Gasteiger partial charge in [-0.1, -0.05) is 6.92 Å². The summed E-state index contributed by atoms with van der Waals surface area (Å²) in [4.78, 5) is 0. The quantitative estimate of drug-likeness (QED) is 0.818. The zero-order chi connectivity index (χ0) is 13.6. The minimum atomic E-state index is -3.06. The highest BCUT2D eigenvalue weighted by atomic mass is 32.2. The maximum atomic E-state index is 12.9. The van der Waals surface area contributed by atoms with Crippen LogP contribution in [0.1, 0.15) is 18.9 Å². The van der Waals surface area contributed by atoms with Crippen LogP contribution in [0.3, 0.4) is 0 Å². The first-order valence-electron chi connectivity index (χ1n) is 5.80. The van der Waals surface area contributed by atoms with Crippen molar-refractivity contribution in [3.63, 3.8) is 0 Å². The number of hydrogen-bond donors (Lipinski definition) is 1. The Kier molecular flexibility index (Phi) is 5.55. The number of sulfone groups is 1. The third-order valence-electron chi connectivity index (χ3n) is 2.41. The van der Waals surface area contributed by atoms with E-state index < -0.39 is 9.84 Å². The van der Waals surface area contributed by atoms with Crippen LogP contribution in [0.5, 0.6) is 5.75 Å². The van der Waals surface area contributed by atoms with Crippen molar-refractivity contribution in [1.82, 2.24) is 0 Å². The molecular weight excluding hydrogens is 257 g/mol. The zero-order valence-corrected chi connectivity index (χ0v) is 11.2. The van der Waals surface area contributed by atoms with Crippen molar-refractivity contribution in [3.05, 3.63) is 29.6 Å². The lowest BCUT2D eigenvalue weighted by molar-refractivity contribution is 0.336. The molecule has 0 radical (unpaired) electrons. The number of benzene rings is 1. The lowest BCUT2D eigenvalue weighted by Crippen LogP contribution is -2.17. The Balaban J connectivity index is 2.59. The predicted molar refractivity (Wildman–Crippen MR) is 68.7 cm³/mol. The fourth-order valence-corrected chi connectivity index (χ4v) is 2.70. The Morgan fingerprint density at radius 3 is 2.67 bits per heavy atom. The molecular formula is C12H18FNO3S. The third kappa shape index (κ3) is 4.62. The Labute approximate surface area is 107 Å². The monoisotopic (exact) mass is 275 g/mol. The highest BCUT2D eigenvalue weighted by Gasteiger charge is 2.10. The lowest BCUT2D eigenvalue weighted by atomic mass is 10.2. The maximum absolute atomic E-state index is 12.9. The summed E-state index contributed by atoms with van der Waals surface area (Å²) in [7, 11) is -3.06. The van der Waals surface area contributed by atoms with Gasteiger partial charge in [-0.3, -0.25) is 0 Å². The summed E-state index contributed by atoms with van der Waals surface area (Å²) >= 11 is 0. The van der Waals surface area contributed by atoms with Gasteiger partial charge in [-0.25, -0.2) is 12.8 Å². The normalized spacial score (nSPS) is 11.5. The van der Waals surface area contributed by atoms with Crippen LogP contribution in [-0.2, 0) is 16.4 Å². The van der Waals surface area contributed by atoms with Crippen LogP contribution in [0.15, 0.2) is 18.2 Å². The summed E-state index contributed by atoms with van der Waals surface area (Å²) in [6.07, 6.45) is 0.590. The first kappa shape index (κ1) is 14.9. The van der Waals surface area contributed by atoms with Crippen molar-refractivity contribution in [1.29, 1.82) is 0 Å². The molecule has 1 aromatic rings. The first-order chi connectivity index (χ1) is 8.48. The highest BCUT2D eigenvalue weighted by Crippen LogP contribution is 2.19. The number of ether oxygens (including phenoxy) is 1. The van der Waals surface area contributed by atoms with Gasteiger partial charge in [0.1, 0.15) is 18.2 Å². The van der Waals surface area contributed by atoms with Crippen molar-refractivity contribution >= 4 is 9.84 Å². The molecule has 0 saturated carbocycles. The summed E-state index contributed by atoms with van der Waals surface area (Å²) < 4.78 is 41.2. The van der Waals surface area contributed by atoms with Crippen molar-refractivity contribution in [2.45, 2.75) is 19.9 Å². The van der Waals surface area contributed by atoms with Crippen molar-refractivity contribution < 1.29 is 17.5 Å². The topological polar surface area (TPSA) is 69.4 Å². The fourth-order valence-electron chi connectivity index (χ4n) is 1.54. The van der Waals surface area contributed by atoms with Gasteiger partial charge in [0.25, 0.3) is 0 Å². The van der Waals surface area contributed by atoms with Crippen LogP contribution in [0.25, 0.3) is 0 Å². The van der Waals surface area contributed by atoms with Gasteiger partial charge in [0.15, 0.2) is 9.84 Å². The Morgan fingerprint density at radius 2 is 2.06 bits per heavy atom. The molecule has 0 fully saturated rings. The van der Waals surface area contributed by atoms with Crippen LogP contribution in [0.2, 0.25) is 0 Å². The smallest absolute Gasteiger partial charge is 0.153 e. The molecule has 0 saturated heterocycles. The molecule has 6 heteroatoms. The molecule has 0 bridgehead atoms. The molecule has 0 heterocycles. The molecule has 2 N–H and O–H groups in total. The Hall–Kier alpha value is -1.14. The summed E-state index contributed by atoms with van der Waals surface area (Å²) in [5.41, 5.74) is 5.99. The fraction of sp³-hybridized carbons (Fsp3) is 0.500. The second-order valence-corrected chi connectivity index (χ2v) is 6.26. The van der Waals surface area contributed by atoms with E-state index in [9.17, 15) is 12.8 Å². The molecule has 0 atom stereocenters. The molecule has 0 aliphatic carbocycles.